The predicted molar refractivity (Wildman–Crippen MR) is 96.2 cm³/mol. The Kier molecular flexibility index (Phi) is 8.08. The maximum Gasteiger partial charge on any atom is 0.216 e. The fourth-order valence-corrected chi connectivity index (χ4v) is 2.86. The normalized spacial score (nSPS) is 16.4. The van der Waals surface area contributed by atoms with Gasteiger partial charge >= 0.3 is 0 Å². The molecule has 1 saturated carbocycles. The Balaban J connectivity index is 1.67. The number of oxazole rings is 1. The first-order valence-electron chi connectivity index (χ1n) is 9.25. The molecule has 0 spiro atoms. The molecule has 0 radical (unpaired) electrons. The van der Waals surface area contributed by atoms with Gasteiger partial charge in [-0.05, 0) is 40.0 Å². The highest BCUT2D eigenvalue weighted by Crippen LogP contribution is 2.20. The lowest BCUT2D eigenvalue weighted by Crippen LogP contribution is -2.38. The lowest BCUT2D eigenvalue weighted by molar-refractivity contribution is 0.0277. The number of aryl methyl sites for hydroxylation is 2. The lowest BCUT2D eigenvalue weighted by Gasteiger charge is -2.22. The third-order valence-electron chi connectivity index (χ3n) is 4.31. The number of aliphatic imine (C=N–C) groups is 1. The largest absolute Gasteiger partial charge is 0.444 e. The number of nitrogens with one attached hydrogen (secondary N) is 2. The summed E-state index contributed by atoms with van der Waals surface area (Å²) < 4.78 is 11.5. The van der Waals surface area contributed by atoms with Gasteiger partial charge in [-0.15, -0.1) is 0 Å². The van der Waals surface area contributed by atoms with Gasteiger partial charge in [0.2, 0.25) is 5.89 Å². The van der Waals surface area contributed by atoms with Crippen LogP contribution < -0.4 is 10.6 Å². The van der Waals surface area contributed by atoms with E-state index in [0.29, 0.717) is 18.5 Å². The van der Waals surface area contributed by atoms with Crippen LogP contribution in [0.4, 0.5) is 0 Å². The quantitative estimate of drug-likeness (QED) is 0.434. The minimum absolute atomic E-state index is 0.447. The molecule has 24 heavy (non-hydrogen) atoms. The molecule has 1 aromatic heterocycles. The minimum Gasteiger partial charge on any atom is -0.444 e. The van der Waals surface area contributed by atoms with E-state index in [1.165, 1.54) is 32.1 Å². The molecule has 0 saturated heterocycles. The highest BCUT2D eigenvalue weighted by molar-refractivity contribution is 5.79. The Hall–Kier alpha value is -1.56. The van der Waals surface area contributed by atoms with E-state index < -0.39 is 0 Å². The first kappa shape index (κ1) is 18.8. The van der Waals surface area contributed by atoms with Gasteiger partial charge in [0.05, 0.1) is 11.8 Å². The Morgan fingerprint density at radius 2 is 2.04 bits per heavy atom. The van der Waals surface area contributed by atoms with E-state index >= 15 is 0 Å². The molecule has 1 heterocycles. The van der Waals surface area contributed by atoms with Crippen molar-refractivity contribution in [1.29, 1.82) is 0 Å². The number of aromatic nitrogens is 1. The number of guanidine groups is 1. The molecule has 2 N–H and O–H groups in total. The second-order valence-electron chi connectivity index (χ2n) is 6.36. The summed E-state index contributed by atoms with van der Waals surface area (Å²) in [6.45, 7) is 8.87. The third-order valence-corrected chi connectivity index (χ3v) is 4.31. The van der Waals surface area contributed by atoms with Crippen molar-refractivity contribution in [3.8, 4) is 0 Å². The van der Waals surface area contributed by atoms with Crippen molar-refractivity contribution in [2.45, 2.75) is 71.9 Å². The van der Waals surface area contributed by atoms with Crippen LogP contribution in [0.5, 0.6) is 0 Å². The first-order chi connectivity index (χ1) is 11.7. The molecular weight excluding hydrogens is 304 g/mol. The molecule has 0 atom stereocenters. The molecule has 2 rings (SSSR count). The summed E-state index contributed by atoms with van der Waals surface area (Å²) in [6.07, 6.45) is 7.93. The summed E-state index contributed by atoms with van der Waals surface area (Å²) in [4.78, 5) is 8.88. The summed E-state index contributed by atoms with van der Waals surface area (Å²) in [5, 5.41) is 6.58. The molecule has 136 valence electrons. The van der Waals surface area contributed by atoms with Crippen molar-refractivity contribution in [3.63, 3.8) is 0 Å². The minimum atomic E-state index is 0.447. The smallest absolute Gasteiger partial charge is 0.216 e. The van der Waals surface area contributed by atoms with E-state index in [4.69, 9.17) is 9.15 Å². The van der Waals surface area contributed by atoms with Crippen LogP contribution in [0, 0.1) is 13.8 Å². The highest BCUT2D eigenvalue weighted by atomic mass is 16.5. The second kappa shape index (κ2) is 10.3. The summed E-state index contributed by atoms with van der Waals surface area (Å²) in [6, 6.07) is 0. The van der Waals surface area contributed by atoms with Gasteiger partial charge in [-0.3, -0.25) is 0 Å². The van der Waals surface area contributed by atoms with Gasteiger partial charge in [-0.25, -0.2) is 9.98 Å². The fraction of sp³-hybridized carbons (Fsp3) is 0.778. The molecule has 1 aromatic rings. The number of hydrogen-bond acceptors (Lipinski definition) is 4. The van der Waals surface area contributed by atoms with Crippen molar-refractivity contribution in [1.82, 2.24) is 15.6 Å². The average Bonchev–Trinajstić information content (AvgIpc) is 2.91. The van der Waals surface area contributed by atoms with Crippen LogP contribution in [0.3, 0.4) is 0 Å². The summed E-state index contributed by atoms with van der Waals surface area (Å²) in [5.41, 5.74) is 0.929. The van der Waals surface area contributed by atoms with Crippen LogP contribution in [0.1, 0.15) is 62.8 Å². The van der Waals surface area contributed by atoms with Gasteiger partial charge in [0, 0.05) is 19.7 Å². The third kappa shape index (κ3) is 6.51. The molecule has 0 unspecified atom stereocenters. The van der Waals surface area contributed by atoms with E-state index in [9.17, 15) is 0 Å². The van der Waals surface area contributed by atoms with E-state index in [-0.39, 0.29) is 0 Å². The Morgan fingerprint density at radius 1 is 1.25 bits per heavy atom. The van der Waals surface area contributed by atoms with Crippen molar-refractivity contribution < 1.29 is 9.15 Å². The molecule has 1 fully saturated rings. The molecule has 6 heteroatoms. The number of nitrogens with zero attached hydrogens (tertiary/aromatic N) is 2. The van der Waals surface area contributed by atoms with Crippen LogP contribution >= 0.6 is 0 Å². The predicted octanol–water partition coefficient (Wildman–Crippen LogP) is 3.09. The topological polar surface area (TPSA) is 71.7 Å². The van der Waals surface area contributed by atoms with Crippen LogP contribution in [0.25, 0.3) is 0 Å². The summed E-state index contributed by atoms with van der Waals surface area (Å²) >= 11 is 0. The molecule has 6 nitrogen and oxygen atoms in total. The molecular formula is C18H32N4O2. The summed E-state index contributed by atoms with van der Waals surface area (Å²) in [5.74, 6) is 2.31. The van der Waals surface area contributed by atoms with Gasteiger partial charge in [0.25, 0.3) is 0 Å². The standard InChI is InChI=1S/C18H32N4O2/c1-4-19-18(21-13-17-22-14(2)15(3)24-17)20-11-8-12-23-16-9-6-5-7-10-16/h16H,4-13H2,1-3H3,(H2,19,20,21). The first-order valence-corrected chi connectivity index (χ1v) is 9.25. The molecule has 0 amide bonds. The van der Waals surface area contributed by atoms with Crippen molar-refractivity contribution in [2.24, 2.45) is 4.99 Å². The van der Waals surface area contributed by atoms with E-state index in [1.807, 2.05) is 13.8 Å². The average molecular weight is 336 g/mol. The zero-order valence-electron chi connectivity index (χ0n) is 15.4. The maximum atomic E-state index is 5.94. The number of rotatable bonds is 8. The zero-order chi connectivity index (χ0) is 17.2. The second-order valence-corrected chi connectivity index (χ2v) is 6.36. The van der Waals surface area contributed by atoms with Gasteiger partial charge in [-0.1, -0.05) is 19.3 Å². The van der Waals surface area contributed by atoms with Gasteiger partial charge < -0.3 is 19.8 Å². The number of ether oxygens (including phenoxy) is 1. The van der Waals surface area contributed by atoms with Crippen LogP contribution in [0.2, 0.25) is 0 Å². The van der Waals surface area contributed by atoms with Crippen molar-refractivity contribution in [3.05, 3.63) is 17.3 Å². The lowest BCUT2D eigenvalue weighted by atomic mass is 9.98. The monoisotopic (exact) mass is 336 g/mol. The Labute approximate surface area is 145 Å². The van der Waals surface area contributed by atoms with E-state index in [1.54, 1.807) is 0 Å². The van der Waals surface area contributed by atoms with Crippen molar-refractivity contribution >= 4 is 5.96 Å². The fourth-order valence-electron chi connectivity index (χ4n) is 2.86. The van der Waals surface area contributed by atoms with Gasteiger partial charge in [0.15, 0.2) is 5.96 Å². The van der Waals surface area contributed by atoms with Crippen LogP contribution in [-0.4, -0.2) is 36.7 Å². The van der Waals surface area contributed by atoms with E-state index in [2.05, 4.69) is 27.5 Å². The molecule has 1 aliphatic rings. The number of hydrogen-bond donors (Lipinski definition) is 2. The van der Waals surface area contributed by atoms with E-state index in [0.717, 1.165) is 43.5 Å². The molecule has 0 bridgehead atoms. The van der Waals surface area contributed by atoms with Crippen LogP contribution in [-0.2, 0) is 11.3 Å². The highest BCUT2D eigenvalue weighted by Gasteiger charge is 2.13. The Bertz CT molecular complexity index is 488. The molecule has 0 aliphatic heterocycles. The molecule has 0 aromatic carbocycles. The molecule has 1 aliphatic carbocycles. The maximum absolute atomic E-state index is 5.94. The SMILES string of the molecule is CCNC(=NCc1nc(C)c(C)o1)NCCCOC1CCCCC1. The zero-order valence-corrected chi connectivity index (χ0v) is 15.4. The van der Waals surface area contributed by atoms with Crippen LogP contribution in [0.15, 0.2) is 9.41 Å². The van der Waals surface area contributed by atoms with Crippen molar-refractivity contribution in [2.75, 3.05) is 19.7 Å². The van der Waals surface area contributed by atoms with Gasteiger partial charge in [0.1, 0.15) is 12.3 Å². The van der Waals surface area contributed by atoms with Gasteiger partial charge in [-0.2, -0.15) is 0 Å². The summed E-state index contributed by atoms with van der Waals surface area (Å²) in [7, 11) is 0. The Morgan fingerprint density at radius 3 is 2.71 bits per heavy atom.